The summed E-state index contributed by atoms with van der Waals surface area (Å²) in [6.07, 6.45) is 0. The van der Waals surface area contributed by atoms with E-state index in [1.54, 1.807) is 12.2 Å². The predicted molar refractivity (Wildman–Crippen MR) is 62.3 cm³/mol. The number of aryl methyl sites for hydroxylation is 1. The summed E-state index contributed by atoms with van der Waals surface area (Å²) in [6.45, 7) is 4.07. The molecule has 0 radical (unpaired) electrons. The van der Waals surface area contributed by atoms with Crippen LogP contribution >= 0.6 is 0 Å². The second-order valence-electron chi connectivity index (χ2n) is 3.95. The summed E-state index contributed by atoms with van der Waals surface area (Å²) in [5, 5.41) is 1.79. The number of nitrogens with zero attached hydrogens (tertiary/aromatic N) is 1. The number of benzene rings is 1. The van der Waals surface area contributed by atoms with Gasteiger partial charge in [0.2, 0.25) is 0 Å². The smallest absolute Gasteiger partial charge is 0.0747 e. The van der Waals surface area contributed by atoms with Crippen LogP contribution in [0.3, 0.4) is 0 Å². The van der Waals surface area contributed by atoms with Crippen LogP contribution in [0.2, 0.25) is 0 Å². The molecule has 0 amide bonds. The Morgan fingerprint density at radius 3 is 2.53 bits per heavy atom. The van der Waals surface area contributed by atoms with E-state index in [1.807, 2.05) is 20.0 Å². The van der Waals surface area contributed by atoms with Gasteiger partial charge in [-0.25, -0.2) is 0 Å². The minimum Gasteiger partial charge on any atom is -0.326 e. The van der Waals surface area contributed by atoms with Gasteiger partial charge in [0.05, 0.1) is 13.2 Å². The third-order valence-electron chi connectivity index (χ3n) is 2.56. The van der Waals surface area contributed by atoms with Crippen LogP contribution in [0.15, 0.2) is 24.3 Å². The van der Waals surface area contributed by atoms with Crippen LogP contribution in [0.25, 0.3) is 0 Å². The summed E-state index contributed by atoms with van der Waals surface area (Å²) >= 11 is 0. The van der Waals surface area contributed by atoms with Crippen molar-refractivity contribution in [2.24, 2.45) is 5.73 Å². The van der Waals surface area contributed by atoms with Crippen LogP contribution in [0.5, 0.6) is 0 Å². The summed E-state index contributed by atoms with van der Waals surface area (Å²) in [5.74, 6) is 0. The lowest BCUT2D eigenvalue weighted by atomic mass is 9.99. The molecule has 0 saturated heterocycles. The van der Waals surface area contributed by atoms with E-state index in [9.17, 15) is 0 Å². The molecule has 84 valence electrons. The highest BCUT2D eigenvalue weighted by atomic mass is 16.7. The van der Waals surface area contributed by atoms with E-state index in [2.05, 4.69) is 25.1 Å². The number of hydroxylamine groups is 2. The zero-order valence-electron chi connectivity index (χ0n) is 9.90. The van der Waals surface area contributed by atoms with Crippen molar-refractivity contribution in [1.82, 2.24) is 5.06 Å². The predicted octanol–water partition coefficient (Wildman–Crippen LogP) is 1.88. The molecule has 0 bridgehead atoms. The first kappa shape index (κ1) is 12.2. The van der Waals surface area contributed by atoms with Gasteiger partial charge < -0.3 is 10.6 Å². The fraction of sp³-hybridized carbons (Fsp3) is 0.500. The highest BCUT2D eigenvalue weighted by molar-refractivity contribution is 5.25. The Balaban J connectivity index is 2.99. The number of nitrogens with two attached hydrogens (primary N) is 1. The van der Waals surface area contributed by atoms with Gasteiger partial charge in [0.25, 0.3) is 0 Å². The van der Waals surface area contributed by atoms with Gasteiger partial charge >= 0.3 is 0 Å². The van der Waals surface area contributed by atoms with Crippen LogP contribution < -0.4 is 5.73 Å². The molecule has 0 aliphatic rings. The number of likely N-dealkylation sites (N-methyl/N-ethyl adjacent to an activating group) is 1. The summed E-state index contributed by atoms with van der Waals surface area (Å²) in [4.78, 5) is 5.22. The first-order valence-electron chi connectivity index (χ1n) is 5.15. The van der Waals surface area contributed by atoms with Crippen molar-refractivity contribution < 1.29 is 4.84 Å². The van der Waals surface area contributed by atoms with Crippen LogP contribution in [0.1, 0.15) is 24.1 Å². The number of rotatable bonds is 4. The molecule has 0 aliphatic heterocycles. The lowest BCUT2D eigenvalue weighted by molar-refractivity contribution is -0.146. The Bertz CT molecular complexity index is 312. The van der Waals surface area contributed by atoms with Crippen molar-refractivity contribution in [3.63, 3.8) is 0 Å². The maximum absolute atomic E-state index is 5.97. The lowest BCUT2D eigenvalue weighted by Crippen LogP contribution is -2.36. The van der Waals surface area contributed by atoms with E-state index >= 15 is 0 Å². The Hall–Kier alpha value is -0.900. The molecule has 15 heavy (non-hydrogen) atoms. The van der Waals surface area contributed by atoms with Crippen LogP contribution in [0, 0.1) is 6.92 Å². The average molecular weight is 208 g/mol. The molecule has 1 rings (SSSR count). The molecule has 2 N–H and O–H groups in total. The molecule has 1 aromatic carbocycles. The van der Waals surface area contributed by atoms with Gasteiger partial charge in [0, 0.05) is 13.1 Å². The quantitative estimate of drug-likeness (QED) is 0.768. The largest absolute Gasteiger partial charge is 0.326 e. The second-order valence-corrected chi connectivity index (χ2v) is 3.95. The first-order chi connectivity index (χ1) is 7.06. The van der Waals surface area contributed by atoms with Gasteiger partial charge in [0.15, 0.2) is 0 Å². The number of hydrogen-bond acceptors (Lipinski definition) is 3. The maximum Gasteiger partial charge on any atom is 0.0747 e. The molecule has 1 aromatic rings. The summed E-state index contributed by atoms with van der Waals surface area (Å²) < 4.78 is 0. The van der Waals surface area contributed by atoms with E-state index in [0.29, 0.717) is 0 Å². The minimum atomic E-state index is 0.0248. The SMILES string of the molecule is CON(C)C(c1cccc(C)c1)C(C)N. The number of hydrogen-bond donors (Lipinski definition) is 1. The summed E-state index contributed by atoms with van der Waals surface area (Å²) in [5.41, 5.74) is 8.40. The summed E-state index contributed by atoms with van der Waals surface area (Å²) in [7, 11) is 3.56. The highest BCUT2D eigenvalue weighted by Gasteiger charge is 2.21. The summed E-state index contributed by atoms with van der Waals surface area (Å²) in [6, 6.07) is 8.46. The van der Waals surface area contributed by atoms with Crippen LogP contribution in [0.4, 0.5) is 0 Å². The Morgan fingerprint density at radius 2 is 2.07 bits per heavy atom. The van der Waals surface area contributed by atoms with Crippen molar-refractivity contribution in [3.8, 4) is 0 Å². The molecule has 0 fully saturated rings. The van der Waals surface area contributed by atoms with E-state index in [1.165, 1.54) is 11.1 Å². The normalized spacial score (nSPS) is 15.3. The van der Waals surface area contributed by atoms with Gasteiger partial charge in [-0.15, -0.1) is 0 Å². The van der Waals surface area contributed by atoms with E-state index in [0.717, 1.165) is 0 Å². The maximum atomic E-state index is 5.97. The van der Waals surface area contributed by atoms with Crippen molar-refractivity contribution in [1.29, 1.82) is 0 Å². The Morgan fingerprint density at radius 1 is 1.40 bits per heavy atom. The van der Waals surface area contributed by atoms with E-state index < -0.39 is 0 Å². The monoisotopic (exact) mass is 208 g/mol. The first-order valence-corrected chi connectivity index (χ1v) is 5.15. The third kappa shape index (κ3) is 3.02. The fourth-order valence-electron chi connectivity index (χ4n) is 1.81. The van der Waals surface area contributed by atoms with E-state index in [4.69, 9.17) is 10.6 Å². The molecule has 0 aromatic heterocycles. The Labute approximate surface area is 91.8 Å². The second kappa shape index (κ2) is 5.26. The van der Waals surface area contributed by atoms with Gasteiger partial charge in [-0.1, -0.05) is 29.8 Å². The standard InChI is InChI=1S/C12H20N2O/c1-9-6-5-7-11(8-9)12(10(2)13)14(3)15-4/h5-8,10,12H,13H2,1-4H3. The molecule has 2 unspecified atom stereocenters. The third-order valence-corrected chi connectivity index (χ3v) is 2.56. The molecule has 3 nitrogen and oxygen atoms in total. The molecule has 0 heterocycles. The van der Waals surface area contributed by atoms with Crippen molar-refractivity contribution >= 4 is 0 Å². The molecule has 0 aliphatic carbocycles. The minimum absolute atomic E-state index is 0.0248. The average Bonchev–Trinajstić information content (AvgIpc) is 2.17. The highest BCUT2D eigenvalue weighted by Crippen LogP contribution is 2.22. The van der Waals surface area contributed by atoms with Crippen molar-refractivity contribution in [2.45, 2.75) is 25.9 Å². The van der Waals surface area contributed by atoms with Crippen molar-refractivity contribution in [3.05, 3.63) is 35.4 Å². The molecule has 2 atom stereocenters. The zero-order chi connectivity index (χ0) is 11.4. The lowest BCUT2D eigenvalue weighted by Gasteiger charge is -2.29. The molecular formula is C12H20N2O. The molecule has 3 heteroatoms. The van der Waals surface area contributed by atoms with Gasteiger partial charge in [-0.2, -0.15) is 5.06 Å². The topological polar surface area (TPSA) is 38.5 Å². The molecule has 0 saturated carbocycles. The zero-order valence-corrected chi connectivity index (χ0v) is 9.90. The Kier molecular flexibility index (Phi) is 4.27. The van der Waals surface area contributed by atoms with Crippen LogP contribution in [-0.4, -0.2) is 25.3 Å². The molecule has 0 spiro atoms. The van der Waals surface area contributed by atoms with Gasteiger partial charge in [-0.05, 0) is 19.4 Å². The van der Waals surface area contributed by atoms with Crippen LogP contribution in [-0.2, 0) is 4.84 Å². The van der Waals surface area contributed by atoms with Gasteiger partial charge in [0.1, 0.15) is 0 Å². The van der Waals surface area contributed by atoms with Crippen molar-refractivity contribution in [2.75, 3.05) is 14.2 Å². The van der Waals surface area contributed by atoms with Gasteiger partial charge in [-0.3, -0.25) is 0 Å². The van der Waals surface area contributed by atoms with E-state index in [-0.39, 0.29) is 12.1 Å². The fourth-order valence-corrected chi connectivity index (χ4v) is 1.81. The molecular weight excluding hydrogens is 188 g/mol.